The van der Waals surface area contributed by atoms with Gasteiger partial charge in [0.2, 0.25) is 5.91 Å². The molecule has 1 saturated carbocycles. The molecule has 6 nitrogen and oxygen atoms in total. The summed E-state index contributed by atoms with van der Waals surface area (Å²) in [6, 6.07) is 4.57. The zero-order valence-corrected chi connectivity index (χ0v) is 16.7. The number of amides is 1. The molecule has 3 aliphatic rings. The van der Waals surface area contributed by atoms with Crippen molar-refractivity contribution < 1.29 is 9.53 Å². The third-order valence-corrected chi connectivity index (χ3v) is 6.90. The number of carbonyl (C=O) groups is 1. The van der Waals surface area contributed by atoms with Crippen LogP contribution in [0.15, 0.2) is 18.3 Å². The average Bonchev–Trinajstić information content (AvgIpc) is 3.20. The average molecular weight is 375 g/mol. The molecule has 3 heterocycles. The van der Waals surface area contributed by atoms with Gasteiger partial charge in [-0.1, -0.05) is 19.3 Å². The molecule has 4 rings (SSSR count). The van der Waals surface area contributed by atoms with E-state index in [2.05, 4.69) is 44.9 Å². The van der Waals surface area contributed by atoms with Crippen LogP contribution in [0.25, 0.3) is 0 Å². The van der Waals surface area contributed by atoms with Gasteiger partial charge >= 0.3 is 0 Å². The molecule has 1 atom stereocenters. The van der Waals surface area contributed by atoms with Gasteiger partial charge in [0.1, 0.15) is 0 Å². The molecule has 1 aliphatic carbocycles. The smallest absolute Gasteiger partial charge is 0.234 e. The molecule has 1 amide bonds. The topological polar surface area (TPSA) is 49.7 Å². The van der Waals surface area contributed by atoms with Crippen molar-refractivity contribution in [3.05, 3.63) is 24.0 Å². The summed E-state index contributed by atoms with van der Waals surface area (Å²) in [5, 5.41) is 3.31. The highest BCUT2D eigenvalue weighted by molar-refractivity contribution is 5.78. The number of ether oxygens (including phenoxy) is 1. The van der Waals surface area contributed by atoms with Gasteiger partial charge in [-0.15, -0.1) is 0 Å². The van der Waals surface area contributed by atoms with Crippen LogP contribution in [0.3, 0.4) is 0 Å². The Labute approximate surface area is 162 Å². The highest BCUT2D eigenvalue weighted by Crippen LogP contribution is 2.34. The van der Waals surface area contributed by atoms with E-state index in [0.717, 1.165) is 45.9 Å². The summed E-state index contributed by atoms with van der Waals surface area (Å²) >= 11 is 0. The number of hydrogen-bond acceptors (Lipinski definition) is 4. The van der Waals surface area contributed by atoms with Crippen LogP contribution < -0.4 is 5.32 Å². The first-order valence-corrected chi connectivity index (χ1v) is 10.7. The summed E-state index contributed by atoms with van der Waals surface area (Å²) in [6.07, 6.45) is 8.39. The third kappa shape index (κ3) is 4.08. The van der Waals surface area contributed by atoms with Crippen LogP contribution in [-0.2, 0) is 16.1 Å². The van der Waals surface area contributed by atoms with E-state index in [0.29, 0.717) is 12.6 Å². The lowest BCUT2D eigenvalue weighted by atomic mass is 9.79. The van der Waals surface area contributed by atoms with Gasteiger partial charge in [0.05, 0.1) is 19.8 Å². The number of hydrogen-bond donors (Lipinski definition) is 1. The molecule has 0 radical (unpaired) electrons. The molecule has 0 aromatic carbocycles. The highest BCUT2D eigenvalue weighted by Gasteiger charge is 2.39. The van der Waals surface area contributed by atoms with Gasteiger partial charge in [0.15, 0.2) is 0 Å². The van der Waals surface area contributed by atoms with E-state index in [9.17, 15) is 4.79 Å². The lowest BCUT2D eigenvalue weighted by Gasteiger charge is -2.48. The number of nitrogens with one attached hydrogen (secondary N) is 1. The Kier molecular flexibility index (Phi) is 5.85. The Morgan fingerprint density at radius 3 is 2.74 bits per heavy atom. The summed E-state index contributed by atoms with van der Waals surface area (Å²) in [5.74, 6) is 0.167. The second-order valence-electron chi connectivity index (χ2n) is 8.43. The van der Waals surface area contributed by atoms with Crippen LogP contribution in [0.5, 0.6) is 0 Å². The molecule has 27 heavy (non-hydrogen) atoms. The first-order valence-electron chi connectivity index (χ1n) is 10.7. The van der Waals surface area contributed by atoms with E-state index in [4.69, 9.17) is 4.74 Å². The molecule has 1 N–H and O–H groups in total. The van der Waals surface area contributed by atoms with Crippen molar-refractivity contribution in [2.45, 2.75) is 57.2 Å². The Morgan fingerprint density at radius 2 is 1.96 bits per heavy atom. The fraction of sp³-hybridized carbons (Fsp3) is 0.762. The third-order valence-electron chi connectivity index (χ3n) is 6.90. The quantitative estimate of drug-likeness (QED) is 0.857. The molecule has 0 bridgehead atoms. The molecule has 2 aliphatic heterocycles. The Balaban J connectivity index is 1.34. The lowest BCUT2D eigenvalue weighted by Crippen LogP contribution is -2.60. The molecule has 0 spiro atoms. The van der Waals surface area contributed by atoms with Gasteiger partial charge in [-0.3, -0.25) is 14.6 Å². The normalized spacial score (nSPS) is 26.5. The number of fused-ring (bicyclic) bond motifs is 1. The summed E-state index contributed by atoms with van der Waals surface area (Å²) in [5.41, 5.74) is 1.45. The van der Waals surface area contributed by atoms with Gasteiger partial charge in [-0.05, 0) is 31.9 Å². The van der Waals surface area contributed by atoms with E-state index in [1.165, 1.54) is 37.8 Å². The fourth-order valence-electron chi connectivity index (χ4n) is 5.20. The molecular formula is C21H34N4O2. The predicted octanol–water partition coefficient (Wildman–Crippen LogP) is 2.02. The SMILES string of the molecule is CC1c2cccn2CCN1CC(=O)NCC1(N2CCOCC2)CCCCC1. The van der Waals surface area contributed by atoms with Gasteiger partial charge in [-0.2, -0.15) is 0 Å². The summed E-state index contributed by atoms with van der Waals surface area (Å²) in [6.45, 7) is 9.01. The van der Waals surface area contributed by atoms with E-state index < -0.39 is 0 Å². The molecule has 1 aromatic rings. The number of rotatable bonds is 5. The van der Waals surface area contributed by atoms with Gasteiger partial charge < -0.3 is 14.6 Å². The number of aromatic nitrogens is 1. The standard InChI is InChI=1S/C21H34N4O2/c1-18-19-6-5-9-23(19)10-11-24(18)16-20(26)22-17-21(7-3-2-4-8-21)25-12-14-27-15-13-25/h5-6,9,18H,2-4,7-8,10-17H2,1H3,(H,22,26). The lowest BCUT2D eigenvalue weighted by molar-refractivity contribution is -0.124. The zero-order chi connectivity index (χ0) is 18.7. The van der Waals surface area contributed by atoms with Crippen molar-refractivity contribution >= 4 is 5.91 Å². The van der Waals surface area contributed by atoms with E-state index in [1.807, 2.05) is 0 Å². The fourth-order valence-corrected chi connectivity index (χ4v) is 5.20. The van der Waals surface area contributed by atoms with Crippen molar-refractivity contribution in [3.8, 4) is 0 Å². The van der Waals surface area contributed by atoms with E-state index in [1.54, 1.807) is 0 Å². The number of morpholine rings is 1. The van der Waals surface area contributed by atoms with Crippen molar-refractivity contribution in [3.63, 3.8) is 0 Å². The zero-order valence-electron chi connectivity index (χ0n) is 16.7. The number of carbonyl (C=O) groups excluding carboxylic acids is 1. The summed E-state index contributed by atoms with van der Waals surface area (Å²) in [7, 11) is 0. The molecule has 1 unspecified atom stereocenters. The Hall–Kier alpha value is -1.37. The van der Waals surface area contributed by atoms with Crippen LogP contribution in [-0.4, -0.2) is 71.8 Å². The van der Waals surface area contributed by atoms with Crippen molar-refractivity contribution in [2.75, 3.05) is 45.9 Å². The summed E-state index contributed by atoms with van der Waals surface area (Å²) < 4.78 is 7.86. The molecule has 150 valence electrons. The first-order chi connectivity index (χ1) is 13.2. The largest absolute Gasteiger partial charge is 0.379 e. The minimum atomic E-state index is 0.139. The first kappa shape index (κ1) is 19.0. The molecule has 6 heteroatoms. The molecular weight excluding hydrogens is 340 g/mol. The van der Waals surface area contributed by atoms with Crippen LogP contribution in [0.1, 0.15) is 50.8 Å². The highest BCUT2D eigenvalue weighted by atomic mass is 16.5. The van der Waals surface area contributed by atoms with Crippen LogP contribution in [0, 0.1) is 0 Å². The minimum Gasteiger partial charge on any atom is -0.379 e. The Morgan fingerprint density at radius 1 is 1.19 bits per heavy atom. The number of nitrogens with zero attached hydrogens (tertiary/aromatic N) is 3. The maximum Gasteiger partial charge on any atom is 0.234 e. The second kappa shape index (κ2) is 8.33. The maximum atomic E-state index is 12.8. The van der Waals surface area contributed by atoms with Crippen molar-refractivity contribution in [1.29, 1.82) is 0 Å². The minimum absolute atomic E-state index is 0.139. The second-order valence-corrected chi connectivity index (χ2v) is 8.43. The van der Waals surface area contributed by atoms with E-state index in [-0.39, 0.29) is 11.4 Å². The predicted molar refractivity (Wildman–Crippen MR) is 106 cm³/mol. The Bertz CT molecular complexity index is 632. The van der Waals surface area contributed by atoms with E-state index >= 15 is 0 Å². The van der Waals surface area contributed by atoms with Gasteiger partial charge in [0, 0.05) is 56.2 Å². The van der Waals surface area contributed by atoms with Crippen LogP contribution in [0.4, 0.5) is 0 Å². The summed E-state index contributed by atoms with van der Waals surface area (Å²) in [4.78, 5) is 17.7. The van der Waals surface area contributed by atoms with Crippen LogP contribution in [0.2, 0.25) is 0 Å². The monoisotopic (exact) mass is 374 g/mol. The molecule has 2 fully saturated rings. The van der Waals surface area contributed by atoms with Crippen molar-refractivity contribution in [1.82, 2.24) is 19.7 Å². The van der Waals surface area contributed by atoms with Crippen LogP contribution >= 0.6 is 0 Å². The molecule has 1 aromatic heterocycles. The van der Waals surface area contributed by atoms with Crippen molar-refractivity contribution in [2.24, 2.45) is 0 Å². The molecule has 1 saturated heterocycles. The van der Waals surface area contributed by atoms with Gasteiger partial charge in [-0.25, -0.2) is 0 Å². The van der Waals surface area contributed by atoms with Gasteiger partial charge in [0.25, 0.3) is 0 Å². The maximum absolute atomic E-state index is 12.8.